The Kier molecular flexibility index (Phi) is 7.91. The Morgan fingerprint density at radius 1 is 0.636 bits per heavy atom. The first-order valence-corrected chi connectivity index (χ1v) is 15.6. The van der Waals surface area contributed by atoms with Crippen LogP contribution in [0.15, 0.2) is 73.1 Å². The summed E-state index contributed by atoms with van der Waals surface area (Å²) in [6, 6.07) is 20.8. The van der Waals surface area contributed by atoms with E-state index in [0.717, 1.165) is 85.9 Å². The van der Waals surface area contributed by atoms with Gasteiger partial charge in [0.1, 0.15) is 5.75 Å². The van der Waals surface area contributed by atoms with Gasteiger partial charge < -0.3 is 14.7 Å². The summed E-state index contributed by atoms with van der Waals surface area (Å²) in [5, 5.41) is 7.14. The highest BCUT2D eigenvalue weighted by molar-refractivity contribution is 5.94. The van der Waals surface area contributed by atoms with Crippen molar-refractivity contribution in [1.29, 1.82) is 0 Å². The van der Waals surface area contributed by atoms with Crippen LogP contribution in [0.4, 0.5) is 0 Å². The molecular formula is C37H36N6O. The average Bonchev–Trinajstić information content (AvgIpc) is 3.88. The van der Waals surface area contributed by atoms with E-state index in [0.29, 0.717) is 0 Å². The molecule has 0 radical (unpaired) electrons. The van der Waals surface area contributed by atoms with E-state index in [9.17, 15) is 0 Å². The molecule has 0 saturated carbocycles. The van der Waals surface area contributed by atoms with Crippen LogP contribution >= 0.6 is 0 Å². The number of H-pyrrole nitrogens is 3. The smallest absolute Gasteiger partial charge is 0.119 e. The fourth-order valence-electron chi connectivity index (χ4n) is 5.86. The molecule has 0 amide bonds. The number of hydrogen-bond donors (Lipinski definition) is 3. The maximum absolute atomic E-state index is 6.07. The van der Waals surface area contributed by atoms with Crippen LogP contribution in [0.5, 0.6) is 5.75 Å². The minimum Gasteiger partial charge on any atom is -0.494 e. The molecule has 2 aliphatic heterocycles. The molecule has 0 spiro atoms. The zero-order valence-corrected chi connectivity index (χ0v) is 24.9. The Balaban J connectivity index is 1.29. The summed E-state index contributed by atoms with van der Waals surface area (Å²) in [6.07, 6.45) is 19.5. The lowest BCUT2D eigenvalue weighted by atomic mass is 10.0. The number of hydrogen-bond acceptors (Lipinski definition) is 4. The first-order chi connectivity index (χ1) is 21.7. The van der Waals surface area contributed by atoms with Crippen LogP contribution in [0.1, 0.15) is 68.2 Å². The predicted molar refractivity (Wildman–Crippen MR) is 181 cm³/mol. The maximum atomic E-state index is 6.07. The average molecular weight is 581 g/mol. The van der Waals surface area contributed by atoms with Crippen molar-refractivity contribution in [2.75, 3.05) is 6.61 Å². The Hall–Kier alpha value is -5.17. The summed E-state index contributed by atoms with van der Waals surface area (Å²) in [7, 11) is 0. The number of benzene rings is 1. The topological polar surface area (TPSA) is 95.3 Å². The minimum absolute atomic E-state index is 0.748. The Bertz CT molecular complexity index is 1880. The van der Waals surface area contributed by atoms with E-state index in [-0.39, 0.29) is 0 Å². The number of nitrogens with one attached hydrogen (secondary N) is 3. The van der Waals surface area contributed by atoms with Crippen molar-refractivity contribution in [2.24, 2.45) is 0 Å². The predicted octanol–water partition coefficient (Wildman–Crippen LogP) is 9.45. The van der Waals surface area contributed by atoms with Gasteiger partial charge in [-0.1, -0.05) is 51.2 Å². The van der Waals surface area contributed by atoms with Gasteiger partial charge >= 0.3 is 0 Å². The van der Waals surface area contributed by atoms with Gasteiger partial charge in [-0.15, -0.1) is 0 Å². The van der Waals surface area contributed by atoms with Crippen molar-refractivity contribution in [3.63, 3.8) is 0 Å². The zero-order valence-electron chi connectivity index (χ0n) is 24.9. The molecule has 220 valence electrons. The quantitative estimate of drug-likeness (QED) is 0.140. The lowest BCUT2D eigenvalue weighted by molar-refractivity contribution is 0.304. The normalized spacial score (nSPS) is 12.2. The summed E-state index contributed by atoms with van der Waals surface area (Å²) in [6.45, 7) is 3.00. The number of fused-ring (bicyclic) bond motifs is 8. The molecule has 1 aromatic carbocycles. The van der Waals surface area contributed by atoms with Gasteiger partial charge in [0.25, 0.3) is 0 Å². The molecule has 7 nitrogen and oxygen atoms in total. The van der Waals surface area contributed by atoms with E-state index in [1.807, 2.05) is 12.4 Å². The summed E-state index contributed by atoms with van der Waals surface area (Å²) >= 11 is 0. The molecular weight excluding hydrogens is 544 g/mol. The van der Waals surface area contributed by atoms with Crippen LogP contribution in [0.25, 0.3) is 68.6 Å². The SMILES string of the molecule is CCCCCCCCOc1ccc(-c2c3nc(cc4ccc([nH]4)c(-c4cn[nH]c4)c4ccc(cc5nc2C=C5)[nH]4)C=C3)cc1. The van der Waals surface area contributed by atoms with Crippen LogP contribution in [0, 0.1) is 0 Å². The fourth-order valence-corrected chi connectivity index (χ4v) is 5.86. The largest absolute Gasteiger partial charge is 0.494 e. The van der Waals surface area contributed by atoms with Gasteiger partial charge in [-0.3, -0.25) is 5.10 Å². The van der Waals surface area contributed by atoms with Gasteiger partial charge in [0.05, 0.1) is 35.6 Å². The lowest BCUT2D eigenvalue weighted by Gasteiger charge is -2.09. The second-order valence-electron chi connectivity index (χ2n) is 11.3. The van der Waals surface area contributed by atoms with Crippen LogP contribution in [-0.2, 0) is 0 Å². The summed E-state index contributed by atoms with van der Waals surface area (Å²) in [5.74, 6) is 0.891. The van der Waals surface area contributed by atoms with Crippen molar-refractivity contribution in [2.45, 2.75) is 45.4 Å². The molecule has 0 aliphatic carbocycles. The minimum atomic E-state index is 0.748. The molecule has 44 heavy (non-hydrogen) atoms. The Morgan fingerprint density at radius 2 is 1.27 bits per heavy atom. The molecule has 8 bridgehead atoms. The van der Waals surface area contributed by atoms with E-state index in [2.05, 4.69) is 112 Å². The second kappa shape index (κ2) is 12.6. The summed E-state index contributed by atoms with van der Waals surface area (Å²) < 4.78 is 6.07. The molecule has 0 unspecified atom stereocenters. The van der Waals surface area contributed by atoms with E-state index in [1.165, 1.54) is 32.1 Å². The highest BCUT2D eigenvalue weighted by atomic mass is 16.5. The van der Waals surface area contributed by atoms with Gasteiger partial charge in [-0.25, -0.2) is 9.97 Å². The standard InChI is InChI=1S/C37H36N6O/c1-2-3-4-5-6-7-20-44-31-14-8-25(9-15-31)36-32-16-10-27(40-32)21-29-12-18-34(42-29)37(26-23-38-39-24-26)35-19-13-30(43-35)22-28-11-17-33(36)41-28/h8-19,21-24,42-43H,2-7,20H2,1H3,(H,38,39). The number of nitrogens with zero attached hydrogens (tertiary/aromatic N) is 3. The van der Waals surface area contributed by atoms with E-state index < -0.39 is 0 Å². The van der Waals surface area contributed by atoms with Gasteiger partial charge in [-0.05, 0) is 84.8 Å². The molecule has 5 aromatic rings. The van der Waals surface area contributed by atoms with Crippen LogP contribution in [0.2, 0.25) is 0 Å². The molecule has 2 aliphatic rings. The number of aromatic nitrogens is 6. The molecule has 3 N–H and O–H groups in total. The van der Waals surface area contributed by atoms with E-state index in [1.54, 1.807) is 0 Å². The fraction of sp³-hybridized carbons (Fsp3) is 0.216. The van der Waals surface area contributed by atoms with Crippen molar-refractivity contribution in [3.8, 4) is 28.0 Å². The molecule has 6 heterocycles. The highest BCUT2D eigenvalue weighted by Crippen LogP contribution is 2.33. The third kappa shape index (κ3) is 5.99. The van der Waals surface area contributed by atoms with Crippen molar-refractivity contribution in [3.05, 3.63) is 95.8 Å². The summed E-state index contributed by atoms with van der Waals surface area (Å²) in [4.78, 5) is 17.2. The van der Waals surface area contributed by atoms with Crippen LogP contribution < -0.4 is 4.74 Å². The number of aromatic amines is 3. The maximum Gasteiger partial charge on any atom is 0.119 e. The molecule has 7 heteroatoms. The van der Waals surface area contributed by atoms with Crippen LogP contribution in [-0.4, -0.2) is 36.7 Å². The van der Waals surface area contributed by atoms with Crippen molar-refractivity contribution < 1.29 is 4.74 Å². The monoisotopic (exact) mass is 580 g/mol. The van der Waals surface area contributed by atoms with E-state index in [4.69, 9.17) is 14.7 Å². The number of ether oxygens (including phenoxy) is 1. The third-order valence-corrected chi connectivity index (χ3v) is 8.09. The Labute approximate surface area is 256 Å². The van der Waals surface area contributed by atoms with Crippen molar-refractivity contribution in [1.82, 2.24) is 30.1 Å². The highest BCUT2D eigenvalue weighted by Gasteiger charge is 2.15. The molecule has 0 fully saturated rings. The molecule has 0 saturated heterocycles. The first-order valence-electron chi connectivity index (χ1n) is 15.6. The third-order valence-electron chi connectivity index (χ3n) is 8.09. The Morgan fingerprint density at radius 3 is 1.89 bits per heavy atom. The van der Waals surface area contributed by atoms with Gasteiger partial charge in [-0.2, -0.15) is 5.10 Å². The molecule has 4 aromatic heterocycles. The zero-order chi connectivity index (χ0) is 29.7. The first kappa shape index (κ1) is 27.7. The van der Waals surface area contributed by atoms with Gasteiger partial charge in [0.2, 0.25) is 0 Å². The molecule has 0 atom stereocenters. The summed E-state index contributed by atoms with van der Waals surface area (Å²) in [5.41, 5.74) is 11.5. The second-order valence-corrected chi connectivity index (χ2v) is 11.3. The number of rotatable bonds is 10. The van der Waals surface area contributed by atoms with E-state index >= 15 is 0 Å². The van der Waals surface area contributed by atoms with Crippen LogP contribution in [0.3, 0.4) is 0 Å². The van der Waals surface area contributed by atoms with Crippen molar-refractivity contribution >= 4 is 46.4 Å². The number of unbranched alkanes of at least 4 members (excludes halogenated alkanes) is 5. The van der Waals surface area contributed by atoms with Gasteiger partial charge in [0.15, 0.2) is 0 Å². The lowest BCUT2D eigenvalue weighted by Crippen LogP contribution is -1.97. The molecule has 7 rings (SSSR count). The van der Waals surface area contributed by atoms with Gasteiger partial charge in [0, 0.05) is 45.0 Å².